The minimum atomic E-state index is -1.29. The molecule has 0 nitrogen and oxygen atoms in total. The van der Waals surface area contributed by atoms with Crippen molar-refractivity contribution in [2.24, 2.45) is 0 Å². The summed E-state index contributed by atoms with van der Waals surface area (Å²) in [4.78, 5) is 0. The maximum absolute atomic E-state index is 13.1. The monoisotopic (exact) mass is 430 g/mol. The van der Waals surface area contributed by atoms with Crippen LogP contribution in [-0.4, -0.2) is 0 Å². The minimum Gasteiger partial charge on any atom is -0.203 e. The lowest BCUT2D eigenvalue weighted by molar-refractivity contribution is 0.436. The first-order valence-electron chi connectivity index (χ1n) is 3.50. The number of benzene rings is 1. The Hall–Kier alpha value is 0.400. The summed E-state index contributed by atoms with van der Waals surface area (Å²) in [6.07, 6.45) is 0. The minimum absolute atomic E-state index is 0.106. The van der Waals surface area contributed by atoms with Gasteiger partial charge < -0.3 is 0 Å². The number of halogens is 6. The quantitative estimate of drug-likeness (QED) is 0.287. The molecule has 1 aromatic carbocycles. The maximum atomic E-state index is 13.1. The predicted octanol–water partition coefficient (Wildman–Crippen LogP) is 4.11. The van der Waals surface area contributed by atoms with Gasteiger partial charge in [0.05, 0.1) is 0 Å². The van der Waals surface area contributed by atoms with E-state index in [1.165, 1.54) is 0 Å². The van der Waals surface area contributed by atoms with Gasteiger partial charge in [0.15, 0.2) is 23.3 Å². The first kappa shape index (κ1) is 12.5. The van der Waals surface area contributed by atoms with E-state index >= 15 is 0 Å². The molecule has 78 valence electrons. The SMILES string of the molecule is Fc1c(F)c(CI)c(F)c(F)c1CI. The van der Waals surface area contributed by atoms with Crippen LogP contribution in [0.4, 0.5) is 17.6 Å². The second-order valence-electron chi connectivity index (χ2n) is 2.48. The van der Waals surface area contributed by atoms with Crippen molar-refractivity contribution in [2.75, 3.05) is 0 Å². The summed E-state index contributed by atoms with van der Waals surface area (Å²) in [5.41, 5.74) is -1.09. The summed E-state index contributed by atoms with van der Waals surface area (Å²) in [6, 6.07) is 0. The largest absolute Gasteiger partial charge is 0.203 e. The molecule has 0 fully saturated rings. The third-order valence-corrected chi connectivity index (χ3v) is 3.24. The Morgan fingerprint density at radius 1 is 0.643 bits per heavy atom. The van der Waals surface area contributed by atoms with Gasteiger partial charge in [0, 0.05) is 20.0 Å². The third-order valence-electron chi connectivity index (χ3n) is 1.71. The van der Waals surface area contributed by atoms with Crippen LogP contribution in [0.25, 0.3) is 0 Å². The Kier molecular flexibility index (Phi) is 4.41. The van der Waals surface area contributed by atoms with Crippen LogP contribution in [0.15, 0.2) is 0 Å². The molecule has 0 atom stereocenters. The van der Waals surface area contributed by atoms with Crippen molar-refractivity contribution < 1.29 is 17.6 Å². The zero-order valence-electron chi connectivity index (χ0n) is 6.68. The van der Waals surface area contributed by atoms with E-state index < -0.39 is 34.4 Å². The van der Waals surface area contributed by atoms with Crippen LogP contribution in [0.1, 0.15) is 11.1 Å². The predicted molar refractivity (Wildman–Crippen MR) is 61.7 cm³/mol. The van der Waals surface area contributed by atoms with Crippen LogP contribution < -0.4 is 0 Å². The lowest BCUT2D eigenvalue weighted by Gasteiger charge is -2.08. The van der Waals surface area contributed by atoms with E-state index in [0.717, 1.165) is 0 Å². The zero-order chi connectivity index (χ0) is 10.9. The molecule has 0 heterocycles. The molecule has 0 saturated carbocycles. The first-order valence-corrected chi connectivity index (χ1v) is 6.55. The second-order valence-corrected chi connectivity index (χ2v) is 4.01. The molecule has 1 aromatic rings. The molecular formula is C8H4F4I2. The number of rotatable bonds is 2. The van der Waals surface area contributed by atoms with Gasteiger partial charge in [0.25, 0.3) is 0 Å². The number of hydrogen-bond acceptors (Lipinski definition) is 0. The van der Waals surface area contributed by atoms with Gasteiger partial charge >= 0.3 is 0 Å². The van der Waals surface area contributed by atoms with Crippen molar-refractivity contribution in [1.82, 2.24) is 0 Å². The molecular weight excluding hydrogens is 426 g/mol. The van der Waals surface area contributed by atoms with E-state index in [4.69, 9.17) is 0 Å². The van der Waals surface area contributed by atoms with Gasteiger partial charge in [-0.05, 0) is 0 Å². The topological polar surface area (TPSA) is 0 Å². The van der Waals surface area contributed by atoms with Crippen LogP contribution in [0.5, 0.6) is 0 Å². The van der Waals surface area contributed by atoms with Crippen LogP contribution in [-0.2, 0) is 8.86 Å². The van der Waals surface area contributed by atoms with E-state index in [9.17, 15) is 17.6 Å². The molecule has 0 aliphatic heterocycles. The highest BCUT2D eigenvalue weighted by Crippen LogP contribution is 2.27. The third kappa shape index (κ3) is 2.00. The van der Waals surface area contributed by atoms with E-state index in [0.29, 0.717) is 0 Å². The Bertz CT molecular complexity index is 301. The Morgan fingerprint density at radius 2 is 0.857 bits per heavy atom. The van der Waals surface area contributed by atoms with Gasteiger partial charge in [-0.2, -0.15) is 0 Å². The van der Waals surface area contributed by atoms with Crippen LogP contribution in [0.3, 0.4) is 0 Å². The summed E-state index contributed by atoms with van der Waals surface area (Å²) < 4.78 is 52.2. The number of alkyl halides is 2. The molecule has 0 aliphatic carbocycles. The fourth-order valence-corrected chi connectivity index (χ4v) is 2.30. The van der Waals surface area contributed by atoms with Gasteiger partial charge in [0.2, 0.25) is 0 Å². The van der Waals surface area contributed by atoms with Crippen molar-refractivity contribution in [3.8, 4) is 0 Å². The molecule has 6 heteroatoms. The van der Waals surface area contributed by atoms with E-state index in [-0.39, 0.29) is 8.86 Å². The van der Waals surface area contributed by atoms with E-state index in [1.807, 2.05) is 0 Å². The van der Waals surface area contributed by atoms with Gasteiger partial charge in [-0.1, -0.05) is 45.2 Å². The average molecular weight is 430 g/mol. The van der Waals surface area contributed by atoms with Gasteiger partial charge in [0.1, 0.15) is 0 Å². The summed E-state index contributed by atoms with van der Waals surface area (Å²) >= 11 is 3.29. The smallest absolute Gasteiger partial charge is 0.166 e. The molecule has 0 unspecified atom stereocenters. The molecule has 0 N–H and O–H groups in total. The standard InChI is InChI=1S/C8H4F4I2/c9-5-3(1-13)6(10)8(12)4(2-14)7(5)11/h1-2H2. The number of hydrogen-bond donors (Lipinski definition) is 0. The lowest BCUT2D eigenvalue weighted by Crippen LogP contribution is -2.06. The maximum Gasteiger partial charge on any atom is 0.166 e. The highest BCUT2D eigenvalue weighted by molar-refractivity contribution is 14.1. The summed E-state index contributed by atoms with van der Waals surface area (Å²) in [6.45, 7) is 0. The highest BCUT2D eigenvalue weighted by Gasteiger charge is 2.23. The van der Waals surface area contributed by atoms with Crippen LogP contribution >= 0.6 is 45.2 Å². The Morgan fingerprint density at radius 3 is 1.00 bits per heavy atom. The van der Waals surface area contributed by atoms with E-state index in [2.05, 4.69) is 0 Å². The van der Waals surface area contributed by atoms with Gasteiger partial charge in [-0.25, -0.2) is 17.6 Å². The summed E-state index contributed by atoms with van der Waals surface area (Å²) in [5, 5.41) is 0. The van der Waals surface area contributed by atoms with Crippen LogP contribution in [0, 0.1) is 23.3 Å². The normalized spacial score (nSPS) is 10.7. The van der Waals surface area contributed by atoms with Gasteiger partial charge in [-0.3, -0.25) is 0 Å². The highest BCUT2D eigenvalue weighted by atomic mass is 127. The van der Waals surface area contributed by atoms with Gasteiger partial charge in [-0.15, -0.1) is 0 Å². The molecule has 0 aliphatic rings. The Labute approximate surface area is 105 Å². The molecule has 0 amide bonds. The fourth-order valence-electron chi connectivity index (χ4n) is 0.957. The lowest BCUT2D eigenvalue weighted by atomic mass is 10.1. The van der Waals surface area contributed by atoms with Crippen molar-refractivity contribution in [3.05, 3.63) is 34.4 Å². The molecule has 0 saturated heterocycles. The molecule has 0 radical (unpaired) electrons. The molecule has 0 spiro atoms. The molecule has 0 bridgehead atoms. The van der Waals surface area contributed by atoms with Crippen LogP contribution in [0.2, 0.25) is 0 Å². The fraction of sp³-hybridized carbons (Fsp3) is 0.250. The van der Waals surface area contributed by atoms with Crippen molar-refractivity contribution in [3.63, 3.8) is 0 Å². The van der Waals surface area contributed by atoms with Crippen molar-refractivity contribution in [2.45, 2.75) is 8.86 Å². The average Bonchev–Trinajstić information content (AvgIpc) is 2.17. The molecule has 0 aromatic heterocycles. The summed E-state index contributed by atoms with van der Waals surface area (Å²) in [7, 11) is 0. The molecule has 1 rings (SSSR count). The van der Waals surface area contributed by atoms with Crippen molar-refractivity contribution >= 4 is 45.2 Å². The van der Waals surface area contributed by atoms with Crippen molar-refractivity contribution in [1.29, 1.82) is 0 Å². The first-order chi connectivity index (χ1) is 6.54. The second kappa shape index (κ2) is 4.95. The van der Waals surface area contributed by atoms with E-state index in [1.54, 1.807) is 45.2 Å². The Balaban J connectivity index is 3.55. The summed E-state index contributed by atoms with van der Waals surface area (Å²) in [5.74, 6) is -5.15. The zero-order valence-corrected chi connectivity index (χ0v) is 11.0. The molecule has 14 heavy (non-hydrogen) atoms.